The standard InChI is InChI=1S/C17H17N3O/c1-13(21)12-20-10-8-17(19-20)15-6-4-5-14(11-15)16-7-2-3-9-18-16/h2-11,13,21H,12H2,1H3/t13-/m0/s1. The fourth-order valence-corrected chi connectivity index (χ4v) is 2.26. The average molecular weight is 279 g/mol. The lowest BCUT2D eigenvalue weighted by atomic mass is 10.1. The molecule has 0 spiro atoms. The molecule has 0 unspecified atom stereocenters. The zero-order valence-corrected chi connectivity index (χ0v) is 11.8. The Kier molecular flexibility index (Phi) is 3.79. The number of aliphatic hydroxyl groups excluding tert-OH is 1. The Bertz CT molecular complexity index is 720. The van der Waals surface area contributed by atoms with Crippen LogP contribution in [-0.2, 0) is 6.54 Å². The average Bonchev–Trinajstić information content (AvgIpc) is 2.96. The molecule has 2 aromatic heterocycles. The van der Waals surface area contributed by atoms with Crippen molar-refractivity contribution in [3.8, 4) is 22.5 Å². The molecule has 1 atom stereocenters. The van der Waals surface area contributed by atoms with Crippen LogP contribution in [0.25, 0.3) is 22.5 Å². The first-order valence-electron chi connectivity index (χ1n) is 6.96. The van der Waals surface area contributed by atoms with Gasteiger partial charge < -0.3 is 5.11 Å². The second-order valence-corrected chi connectivity index (χ2v) is 5.07. The number of rotatable bonds is 4. The van der Waals surface area contributed by atoms with Crippen molar-refractivity contribution < 1.29 is 5.11 Å². The normalized spacial score (nSPS) is 12.3. The smallest absolute Gasteiger partial charge is 0.0923 e. The first-order chi connectivity index (χ1) is 10.2. The first-order valence-corrected chi connectivity index (χ1v) is 6.96. The van der Waals surface area contributed by atoms with Crippen molar-refractivity contribution in [2.75, 3.05) is 0 Å². The van der Waals surface area contributed by atoms with Crippen molar-refractivity contribution in [2.45, 2.75) is 19.6 Å². The van der Waals surface area contributed by atoms with Gasteiger partial charge in [-0.3, -0.25) is 9.67 Å². The van der Waals surface area contributed by atoms with E-state index in [9.17, 15) is 5.11 Å². The molecule has 106 valence electrons. The van der Waals surface area contributed by atoms with Gasteiger partial charge in [-0.15, -0.1) is 0 Å². The maximum Gasteiger partial charge on any atom is 0.0923 e. The Hall–Kier alpha value is -2.46. The summed E-state index contributed by atoms with van der Waals surface area (Å²) in [4.78, 5) is 4.37. The SMILES string of the molecule is C[C@H](O)Cn1ccc(-c2cccc(-c3ccccn3)c2)n1. The summed E-state index contributed by atoms with van der Waals surface area (Å²) in [5.74, 6) is 0. The summed E-state index contributed by atoms with van der Waals surface area (Å²) >= 11 is 0. The van der Waals surface area contributed by atoms with Gasteiger partial charge in [0.2, 0.25) is 0 Å². The molecule has 0 aliphatic carbocycles. The van der Waals surface area contributed by atoms with E-state index in [0.29, 0.717) is 6.54 Å². The van der Waals surface area contributed by atoms with Gasteiger partial charge in [-0.1, -0.05) is 24.3 Å². The molecule has 0 bridgehead atoms. The Morgan fingerprint density at radius 3 is 2.57 bits per heavy atom. The molecule has 21 heavy (non-hydrogen) atoms. The minimum Gasteiger partial charge on any atom is -0.391 e. The summed E-state index contributed by atoms with van der Waals surface area (Å²) in [6.07, 6.45) is 3.27. The molecule has 3 aromatic rings. The number of aromatic nitrogens is 3. The zero-order chi connectivity index (χ0) is 14.7. The molecule has 0 fully saturated rings. The monoisotopic (exact) mass is 279 g/mol. The Balaban J connectivity index is 1.91. The maximum atomic E-state index is 9.41. The van der Waals surface area contributed by atoms with Crippen molar-refractivity contribution in [3.05, 3.63) is 60.9 Å². The van der Waals surface area contributed by atoms with Crippen molar-refractivity contribution >= 4 is 0 Å². The predicted molar refractivity (Wildman–Crippen MR) is 82.6 cm³/mol. The summed E-state index contributed by atoms with van der Waals surface area (Å²) in [5.41, 5.74) is 3.96. The van der Waals surface area contributed by atoms with Crippen LogP contribution in [0.1, 0.15) is 6.92 Å². The Morgan fingerprint density at radius 2 is 1.86 bits per heavy atom. The number of hydrogen-bond acceptors (Lipinski definition) is 3. The molecule has 0 radical (unpaired) electrons. The van der Waals surface area contributed by atoms with Crippen molar-refractivity contribution in [3.63, 3.8) is 0 Å². The summed E-state index contributed by atoms with van der Waals surface area (Å²) in [6.45, 7) is 2.25. The van der Waals surface area contributed by atoms with E-state index in [4.69, 9.17) is 0 Å². The van der Waals surface area contributed by atoms with Gasteiger partial charge in [0, 0.05) is 23.5 Å². The Morgan fingerprint density at radius 1 is 1.05 bits per heavy atom. The van der Waals surface area contributed by atoms with Crippen molar-refractivity contribution in [1.29, 1.82) is 0 Å². The molecule has 2 heterocycles. The van der Waals surface area contributed by atoms with E-state index < -0.39 is 6.10 Å². The summed E-state index contributed by atoms with van der Waals surface area (Å²) in [6, 6.07) is 16.0. The predicted octanol–water partition coefficient (Wildman–Crippen LogP) is 2.99. The third-order valence-electron chi connectivity index (χ3n) is 3.21. The van der Waals surface area contributed by atoms with E-state index in [1.54, 1.807) is 17.8 Å². The summed E-state index contributed by atoms with van der Waals surface area (Å²) in [7, 11) is 0. The fourth-order valence-electron chi connectivity index (χ4n) is 2.26. The first kappa shape index (κ1) is 13.5. The zero-order valence-electron chi connectivity index (χ0n) is 11.8. The number of benzene rings is 1. The molecule has 0 aliphatic rings. The quantitative estimate of drug-likeness (QED) is 0.798. The van der Waals surface area contributed by atoms with Crippen LogP contribution >= 0.6 is 0 Å². The molecular weight excluding hydrogens is 262 g/mol. The number of pyridine rings is 1. The van der Waals surface area contributed by atoms with Crippen LogP contribution in [0, 0.1) is 0 Å². The van der Waals surface area contributed by atoms with Crippen molar-refractivity contribution in [2.24, 2.45) is 0 Å². The highest BCUT2D eigenvalue weighted by Gasteiger charge is 2.06. The van der Waals surface area contributed by atoms with Gasteiger partial charge in [-0.05, 0) is 31.2 Å². The van der Waals surface area contributed by atoms with Crippen LogP contribution < -0.4 is 0 Å². The van der Waals surface area contributed by atoms with Crippen LogP contribution in [0.5, 0.6) is 0 Å². The maximum absolute atomic E-state index is 9.41. The van der Waals surface area contributed by atoms with Crippen LogP contribution in [0.3, 0.4) is 0 Å². The lowest BCUT2D eigenvalue weighted by molar-refractivity contribution is 0.168. The number of hydrogen-bond donors (Lipinski definition) is 1. The lowest BCUT2D eigenvalue weighted by Gasteiger charge is -2.04. The third kappa shape index (κ3) is 3.17. The molecule has 3 rings (SSSR count). The summed E-state index contributed by atoms with van der Waals surface area (Å²) in [5, 5.41) is 13.9. The van der Waals surface area contributed by atoms with Crippen LogP contribution in [0.2, 0.25) is 0 Å². The number of nitrogens with zero attached hydrogens (tertiary/aromatic N) is 3. The van der Waals surface area contributed by atoms with Gasteiger partial charge in [0.15, 0.2) is 0 Å². The van der Waals surface area contributed by atoms with E-state index in [-0.39, 0.29) is 0 Å². The fraction of sp³-hybridized carbons (Fsp3) is 0.176. The largest absolute Gasteiger partial charge is 0.391 e. The highest BCUT2D eigenvalue weighted by molar-refractivity contribution is 5.69. The summed E-state index contributed by atoms with van der Waals surface area (Å²) < 4.78 is 1.76. The van der Waals surface area contributed by atoms with Gasteiger partial charge in [0.1, 0.15) is 0 Å². The highest BCUT2D eigenvalue weighted by atomic mass is 16.3. The topological polar surface area (TPSA) is 50.9 Å². The molecule has 0 saturated heterocycles. The van der Waals surface area contributed by atoms with Gasteiger partial charge in [-0.25, -0.2) is 0 Å². The number of aliphatic hydroxyl groups is 1. The Labute approximate surface area is 123 Å². The van der Waals surface area contributed by atoms with Gasteiger partial charge in [0.05, 0.1) is 24.0 Å². The van der Waals surface area contributed by atoms with Gasteiger partial charge in [-0.2, -0.15) is 5.10 Å². The lowest BCUT2D eigenvalue weighted by Crippen LogP contribution is -2.11. The minimum absolute atomic E-state index is 0.405. The van der Waals surface area contributed by atoms with E-state index in [0.717, 1.165) is 22.5 Å². The molecule has 0 amide bonds. The second kappa shape index (κ2) is 5.89. The molecule has 1 N–H and O–H groups in total. The van der Waals surface area contributed by atoms with Gasteiger partial charge >= 0.3 is 0 Å². The molecule has 0 aliphatic heterocycles. The van der Waals surface area contributed by atoms with Gasteiger partial charge in [0.25, 0.3) is 0 Å². The molecule has 1 aromatic carbocycles. The molecule has 4 heteroatoms. The van der Waals surface area contributed by atoms with E-state index >= 15 is 0 Å². The molecular formula is C17H17N3O. The van der Waals surface area contributed by atoms with E-state index in [1.807, 2.05) is 48.7 Å². The second-order valence-electron chi connectivity index (χ2n) is 5.07. The van der Waals surface area contributed by atoms with Crippen LogP contribution in [0.4, 0.5) is 0 Å². The molecule has 4 nitrogen and oxygen atoms in total. The van der Waals surface area contributed by atoms with Crippen molar-refractivity contribution in [1.82, 2.24) is 14.8 Å². The van der Waals surface area contributed by atoms with Crippen LogP contribution in [0.15, 0.2) is 60.9 Å². The molecule has 0 saturated carbocycles. The van der Waals surface area contributed by atoms with E-state index in [2.05, 4.69) is 16.1 Å². The van der Waals surface area contributed by atoms with E-state index in [1.165, 1.54) is 0 Å². The minimum atomic E-state index is -0.405. The highest BCUT2D eigenvalue weighted by Crippen LogP contribution is 2.23. The van der Waals surface area contributed by atoms with Crippen LogP contribution in [-0.4, -0.2) is 26.0 Å². The third-order valence-corrected chi connectivity index (χ3v) is 3.21.